The fraction of sp³-hybridized carbons (Fsp3) is 0.643. The molecule has 1 rings (SSSR count). The molecule has 0 aromatic carbocycles. The first kappa shape index (κ1) is 21.1. The van der Waals surface area contributed by atoms with Crippen LogP contribution < -0.4 is 16.0 Å². The first-order valence-corrected chi connectivity index (χ1v) is 8.04. The number of guanidine groups is 1. The number of halogens is 1. The molecule has 0 aliphatic rings. The molecule has 1 aromatic heterocycles. The van der Waals surface area contributed by atoms with Gasteiger partial charge in [0.15, 0.2) is 5.96 Å². The molecule has 0 radical (unpaired) electrons. The number of aryl methyl sites for hydroxylation is 1. The zero-order valence-corrected chi connectivity index (χ0v) is 16.7. The highest BCUT2D eigenvalue weighted by Gasteiger charge is 2.05. The molecule has 3 N–H and O–H groups in total. The van der Waals surface area contributed by atoms with Gasteiger partial charge in [0.05, 0.1) is 6.54 Å². The lowest BCUT2D eigenvalue weighted by Crippen LogP contribution is -2.39. The molecule has 0 fully saturated rings. The van der Waals surface area contributed by atoms with E-state index in [2.05, 4.69) is 32.9 Å². The van der Waals surface area contributed by atoms with Gasteiger partial charge in [0, 0.05) is 37.1 Å². The van der Waals surface area contributed by atoms with E-state index >= 15 is 0 Å². The van der Waals surface area contributed by atoms with E-state index in [1.54, 1.807) is 18.4 Å². The van der Waals surface area contributed by atoms with E-state index in [0.717, 1.165) is 11.4 Å². The standard InChI is InChI=1S/C14H25N5OS.HI/c1-5-11-8-17-13(21-11)9-18-14(15-4)16-7-6-12(20)19-10(2)3;/h8,10H,5-7,9H2,1-4H3,(H,19,20)(H2,15,16,18);1H. The van der Waals surface area contributed by atoms with Crippen LogP contribution in [0.3, 0.4) is 0 Å². The molecule has 6 nitrogen and oxygen atoms in total. The molecule has 1 heterocycles. The van der Waals surface area contributed by atoms with Gasteiger partial charge in [-0.15, -0.1) is 35.3 Å². The summed E-state index contributed by atoms with van der Waals surface area (Å²) in [4.78, 5) is 21.3. The lowest BCUT2D eigenvalue weighted by atomic mass is 10.3. The van der Waals surface area contributed by atoms with Crippen LogP contribution in [-0.2, 0) is 17.8 Å². The second-order valence-electron chi connectivity index (χ2n) is 4.90. The summed E-state index contributed by atoms with van der Waals surface area (Å²) in [6, 6.07) is 0.174. The Labute approximate surface area is 153 Å². The van der Waals surface area contributed by atoms with Crippen LogP contribution in [0.4, 0.5) is 0 Å². The Morgan fingerprint density at radius 2 is 2.14 bits per heavy atom. The van der Waals surface area contributed by atoms with Gasteiger partial charge in [-0.05, 0) is 20.3 Å². The van der Waals surface area contributed by atoms with Crippen LogP contribution in [0.5, 0.6) is 0 Å². The highest BCUT2D eigenvalue weighted by atomic mass is 127. The van der Waals surface area contributed by atoms with E-state index in [4.69, 9.17) is 0 Å². The van der Waals surface area contributed by atoms with Crippen molar-refractivity contribution in [3.05, 3.63) is 16.1 Å². The number of thiazole rings is 1. The Bertz CT molecular complexity index is 476. The van der Waals surface area contributed by atoms with Crippen LogP contribution in [-0.4, -0.2) is 36.5 Å². The third-order valence-corrected chi connectivity index (χ3v) is 3.82. The minimum atomic E-state index is 0. The maximum atomic E-state index is 11.5. The van der Waals surface area contributed by atoms with Gasteiger partial charge in [0.2, 0.25) is 5.91 Å². The number of amides is 1. The van der Waals surface area contributed by atoms with E-state index in [1.807, 2.05) is 20.0 Å². The van der Waals surface area contributed by atoms with Crippen molar-refractivity contribution in [2.75, 3.05) is 13.6 Å². The summed E-state index contributed by atoms with van der Waals surface area (Å²) in [6.07, 6.45) is 3.35. The number of hydrogen-bond donors (Lipinski definition) is 3. The Kier molecular flexibility index (Phi) is 11.2. The van der Waals surface area contributed by atoms with E-state index < -0.39 is 0 Å². The lowest BCUT2D eigenvalue weighted by Gasteiger charge is -2.12. The molecule has 0 saturated carbocycles. The van der Waals surface area contributed by atoms with Crippen molar-refractivity contribution in [1.29, 1.82) is 0 Å². The van der Waals surface area contributed by atoms with Crippen LogP contribution in [0.15, 0.2) is 11.2 Å². The average molecular weight is 439 g/mol. The summed E-state index contributed by atoms with van der Waals surface area (Å²) in [5, 5.41) is 10.2. The predicted octanol–water partition coefficient (Wildman–Crippen LogP) is 1.90. The van der Waals surface area contributed by atoms with Gasteiger partial charge in [0.1, 0.15) is 5.01 Å². The fourth-order valence-corrected chi connectivity index (χ4v) is 2.46. The van der Waals surface area contributed by atoms with Crippen molar-refractivity contribution in [3.8, 4) is 0 Å². The fourth-order valence-electron chi connectivity index (χ4n) is 1.66. The lowest BCUT2D eigenvalue weighted by molar-refractivity contribution is -0.121. The highest BCUT2D eigenvalue weighted by molar-refractivity contribution is 14.0. The molecule has 0 bridgehead atoms. The van der Waals surface area contributed by atoms with Gasteiger partial charge < -0.3 is 16.0 Å². The first-order chi connectivity index (χ1) is 10.0. The molecule has 126 valence electrons. The Morgan fingerprint density at radius 3 is 2.68 bits per heavy atom. The van der Waals surface area contributed by atoms with Gasteiger partial charge in [-0.1, -0.05) is 6.92 Å². The largest absolute Gasteiger partial charge is 0.356 e. The second-order valence-corrected chi connectivity index (χ2v) is 6.10. The smallest absolute Gasteiger partial charge is 0.221 e. The molecular weight excluding hydrogens is 413 g/mol. The average Bonchev–Trinajstić information content (AvgIpc) is 2.89. The Hall–Kier alpha value is -0.900. The van der Waals surface area contributed by atoms with Crippen molar-refractivity contribution in [2.45, 2.75) is 46.2 Å². The van der Waals surface area contributed by atoms with Crippen LogP contribution in [0.2, 0.25) is 0 Å². The van der Waals surface area contributed by atoms with Crippen molar-refractivity contribution < 1.29 is 4.79 Å². The SMILES string of the molecule is CCc1cnc(CNC(=NC)NCCC(=O)NC(C)C)s1.I. The van der Waals surface area contributed by atoms with Crippen molar-refractivity contribution in [1.82, 2.24) is 20.9 Å². The third-order valence-electron chi connectivity index (χ3n) is 2.67. The molecule has 0 aliphatic heterocycles. The second kappa shape index (κ2) is 11.6. The number of aromatic nitrogens is 1. The summed E-state index contributed by atoms with van der Waals surface area (Å²) in [5.74, 6) is 0.723. The number of hydrogen-bond acceptors (Lipinski definition) is 4. The minimum absolute atomic E-state index is 0. The Balaban J connectivity index is 0.00000441. The topological polar surface area (TPSA) is 78.4 Å². The van der Waals surface area contributed by atoms with Crippen molar-refractivity contribution in [3.63, 3.8) is 0 Å². The monoisotopic (exact) mass is 439 g/mol. The molecule has 0 atom stereocenters. The quantitative estimate of drug-likeness (QED) is 0.345. The van der Waals surface area contributed by atoms with E-state index in [-0.39, 0.29) is 35.9 Å². The molecular formula is C14H26IN5OS. The molecule has 8 heteroatoms. The van der Waals surface area contributed by atoms with Gasteiger partial charge in [-0.25, -0.2) is 4.98 Å². The summed E-state index contributed by atoms with van der Waals surface area (Å²) < 4.78 is 0. The van der Waals surface area contributed by atoms with Crippen LogP contribution >= 0.6 is 35.3 Å². The maximum absolute atomic E-state index is 11.5. The minimum Gasteiger partial charge on any atom is -0.356 e. The number of rotatable bonds is 7. The first-order valence-electron chi connectivity index (χ1n) is 7.22. The van der Waals surface area contributed by atoms with E-state index in [0.29, 0.717) is 25.5 Å². The summed E-state index contributed by atoms with van der Waals surface area (Å²) in [7, 11) is 1.71. The van der Waals surface area contributed by atoms with Gasteiger partial charge in [-0.2, -0.15) is 0 Å². The molecule has 1 amide bonds. The molecule has 0 aliphatic carbocycles. The number of aliphatic imine (C=N–C) groups is 1. The molecule has 0 spiro atoms. The third kappa shape index (κ3) is 8.52. The molecule has 0 unspecified atom stereocenters. The zero-order valence-electron chi connectivity index (χ0n) is 13.6. The maximum Gasteiger partial charge on any atom is 0.221 e. The number of carbonyl (C=O) groups excluding carboxylic acids is 1. The Morgan fingerprint density at radius 1 is 1.41 bits per heavy atom. The van der Waals surface area contributed by atoms with Gasteiger partial charge in [-0.3, -0.25) is 9.79 Å². The van der Waals surface area contributed by atoms with Crippen molar-refractivity contribution >= 4 is 47.2 Å². The highest BCUT2D eigenvalue weighted by Crippen LogP contribution is 2.12. The summed E-state index contributed by atoms with van der Waals surface area (Å²) >= 11 is 1.70. The van der Waals surface area contributed by atoms with Crippen LogP contribution in [0, 0.1) is 0 Å². The molecule has 0 saturated heterocycles. The summed E-state index contributed by atoms with van der Waals surface area (Å²) in [6.45, 7) is 7.21. The van der Waals surface area contributed by atoms with Crippen LogP contribution in [0.1, 0.15) is 37.1 Å². The summed E-state index contributed by atoms with van der Waals surface area (Å²) in [5.41, 5.74) is 0. The van der Waals surface area contributed by atoms with Gasteiger partial charge in [0.25, 0.3) is 0 Å². The number of nitrogens with zero attached hydrogens (tertiary/aromatic N) is 2. The van der Waals surface area contributed by atoms with E-state index in [1.165, 1.54) is 4.88 Å². The number of carbonyl (C=O) groups is 1. The normalized spacial score (nSPS) is 11.0. The molecule has 22 heavy (non-hydrogen) atoms. The van der Waals surface area contributed by atoms with Gasteiger partial charge >= 0.3 is 0 Å². The number of nitrogens with one attached hydrogen (secondary N) is 3. The zero-order chi connectivity index (χ0) is 15.7. The molecule has 1 aromatic rings. The van der Waals surface area contributed by atoms with Crippen molar-refractivity contribution in [2.24, 2.45) is 4.99 Å². The predicted molar refractivity (Wildman–Crippen MR) is 103 cm³/mol. The van der Waals surface area contributed by atoms with Crippen LogP contribution in [0.25, 0.3) is 0 Å². The van der Waals surface area contributed by atoms with E-state index in [9.17, 15) is 4.79 Å².